The molecule has 0 saturated heterocycles. The fourth-order valence-electron chi connectivity index (χ4n) is 2.55. The Morgan fingerprint density at radius 3 is 2.82 bits per heavy atom. The van der Waals surface area contributed by atoms with Crippen LogP contribution in [0.3, 0.4) is 0 Å². The zero-order chi connectivity index (χ0) is 15.9. The summed E-state index contributed by atoms with van der Waals surface area (Å²) >= 11 is 0. The van der Waals surface area contributed by atoms with E-state index in [0.29, 0.717) is 13.1 Å². The number of aliphatic hydroxyl groups excluding tert-OH is 1. The number of fused-ring (bicyclic) bond motifs is 1. The third-order valence-corrected chi connectivity index (χ3v) is 3.70. The van der Waals surface area contributed by atoms with Crippen molar-refractivity contribution in [2.45, 2.75) is 33.1 Å². The van der Waals surface area contributed by atoms with Gasteiger partial charge in [-0.1, -0.05) is 19.8 Å². The molecule has 0 aliphatic heterocycles. The Morgan fingerprint density at radius 1 is 1.27 bits per heavy atom. The summed E-state index contributed by atoms with van der Waals surface area (Å²) in [4.78, 5) is 17.3. The first-order valence-electron chi connectivity index (χ1n) is 7.90. The van der Waals surface area contributed by atoms with Crippen LogP contribution in [0.15, 0.2) is 24.3 Å². The van der Waals surface area contributed by atoms with Gasteiger partial charge in [0.15, 0.2) is 0 Å². The van der Waals surface area contributed by atoms with E-state index in [1.807, 2.05) is 25.1 Å². The maximum absolute atomic E-state index is 12.3. The standard InChI is InChI=1S/C17H25N3O2/c1-3-4-5-8-20(9-10-21)17(22)19-15-6-7-16-14(12-15)11-13(2)18-16/h6-7,11-12,18,21H,3-5,8-10H2,1-2H3,(H,19,22). The fourth-order valence-corrected chi connectivity index (χ4v) is 2.55. The number of hydrogen-bond donors (Lipinski definition) is 3. The average molecular weight is 303 g/mol. The molecule has 0 atom stereocenters. The third-order valence-electron chi connectivity index (χ3n) is 3.70. The number of rotatable bonds is 7. The summed E-state index contributed by atoms with van der Waals surface area (Å²) < 4.78 is 0. The Morgan fingerprint density at radius 2 is 2.09 bits per heavy atom. The molecule has 0 saturated carbocycles. The number of aromatic amines is 1. The van der Waals surface area contributed by atoms with Gasteiger partial charge in [0.25, 0.3) is 0 Å². The highest BCUT2D eigenvalue weighted by atomic mass is 16.3. The Balaban J connectivity index is 2.02. The fraction of sp³-hybridized carbons (Fsp3) is 0.471. The number of H-pyrrole nitrogens is 1. The summed E-state index contributed by atoms with van der Waals surface area (Å²) in [6.07, 6.45) is 3.15. The average Bonchev–Trinajstić information content (AvgIpc) is 2.86. The molecule has 2 aromatic rings. The zero-order valence-electron chi connectivity index (χ0n) is 13.4. The lowest BCUT2D eigenvalue weighted by Gasteiger charge is -2.22. The van der Waals surface area contributed by atoms with Crippen molar-refractivity contribution in [3.63, 3.8) is 0 Å². The van der Waals surface area contributed by atoms with Crippen molar-refractivity contribution in [1.82, 2.24) is 9.88 Å². The normalized spacial score (nSPS) is 10.9. The maximum atomic E-state index is 12.3. The van der Waals surface area contributed by atoms with Crippen LogP contribution in [0.1, 0.15) is 31.9 Å². The summed E-state index contributed by atoms with van der Waals surface area (Å²) in [5.41, 5.74) is 2.93. The molecule has 0 spiro atoms. The molecule has 0 fully saturated rings. The first-order valence-corrected chi connectivity index (χ1v) is 7.90. The number of urea groups is 1. The molecule has 1 heterocycles. The van der Waals surface area contributed by atoms with Crippen LogP contribution < -0.4 is 5.32 Å². The van der Waals surface area contributed by atoms with Crippen molar-refractivity contribution in [2.24, 2.45) is 0 Å². The van der Waals surface area contributed by atoms with E-state index in [4.69, 9.17) is 5.11 Å². The molecule has 3 N–H and O–H groups in total. The SMILES string of the molecule is CCCCCN(CCO)C(=O)Nc1ccc2[nH]c(C)cc2c1. The number of nitrogens with one attached hydrogen (secondary N) is 2. The number of nitrogens with zero attached hydrogens (tertiary/aromatic N) is 1. The van der Waals surface area contributed by atoms with Crippen LogP contribution in [-0.2, 0) is 0 Å². The topological polar surface area (TPSA) is 68.4 Å². The molecule has 0 aliphatic carbocycles. The second-order valence-electron chi connectivity index (χ2n) is 5.60. The van der Waals surface area contributed by atoms with Crippen LogP contribution in [-0.4, -0.2) is 40.7 Å². The molecular weight excluding hydrogens is 278 g/mol. The third kappa shape index (κ3) is 4.24. The monoisotopic (exact) mass is 303 g/mol. The molecular formula is C17H25N3O2. The van der Waals surface area contributed by atoms with Gasteiger partial charge < -0.3 is 20.3 Å². The largest absolute Gasteiger partial charge is 0.395 e. The first kappa shape index (κ1) is 16.4. The summed E-state index contributed by atoms with van der Waals surface area (Å²) in [6.45, 7) is 5.15. The van der Waals surface area contributed by atoms with Crippen molar-refractivity contribution >= 4 is 22.6 Å². The highest BCUT2D eigenvalue weighted by Crippen LogP contribution is 2.20. The van der Waals surface area contributed by atoms with E-state index >= 15 is 0 Å². The predicted octanol–water partition coefficient (Wildman–Crippen LogP) is 3.49. The highest BCUT2D eigenvalue weighted by molar-refractivity contribution is 5.93. The summed E-state index contributed by atoms with van der Waals surface area (Å²) in [7, 11) is 0. The molecule has 1 aromatic heterocycles. The minimum Gasteiger partial charge on any atom is -0.395 e. The van der Waals surface area contributed by atoms with Crippen LogP contribution in [0.25, 0.3) is 10.9 Å². The van der Waals surface area contributed by atoms with E-state index in [1.165, 1.54) is 0 Å². The molecule has 2 rings (SSSR count). The van der Waals surface area contributed by atoms with Crippen LogP contribution in [0.2, 0.25) is 0 Å². The quantitative estimate of drug-likeness (QED) is 0.685. The molecule has 0 radical (unpaired) electrons. The van der Waals surface area contributed by atoms with E-state index < -0.39 is 0 Å². The number of aromatic nitrogens is 1. The van der Waals surface area contributed by atoms with Crippen molar-refractivity contribution < 1.29 is 9.90 Å². The lowest BCUT2D eigenvalue weighted by Crippen LogP contribution is -2.37. The predicted molar refractivity (Wildman–Crippen MR) is 90.2 cm³/mol. The van der Waals surface area contributed by atoms with Gasteiger partial charge >= 0.3 is 6.03 Å². The number of unbranched alkanes of at least 4 members (excludes halogenated alkanes) is 2. The summed E-state index contributed by atoms with van der Waals surface area (Å²) in [5.74, 6) is 0. The van der Waals surface area contributed by atoms with Crippen molar-refractivity contribution in [2.75, 3.05) is 25.0 Å². The number of aliphatic hydroxyl groups is 1. The van der Waals surface area contributed by atoms with Gasteiger partial charge in [-0.15, -0.1) is 0 Å². The van der Waals surface area contributed by atoms with E-state index in [0.717, 1.165) is 41.5 Å². The number of anilines is 1. The van der Waals surface area contributed by atoms with E-state index in [2.05, 4.69) is 23.3 Å². The number of hydrogen-bond acceptors (Lipinski definition) is 2. The lowest BCUT2D eigenvalue weighted by atomic mass is 10.2. The molecule has 1 aromatic carbocycles. The van der Waals surface area contributed by atoms with Gasteiger partial charge in [0.05, 0.1) is 6.61 Å². The Hall–Kier alpha value is -2.01. The molecule has 5 heteroatoms. The van der Waals surface area contributed by atoms with Crippen LogP contribution >= 0.6 is 0 Å². The van der Waals surface area contributed by atoms with Gasteiger partial charge in [0.1, 0.15) is 0 Å². The van der Waals surface area contributed by atoms with Crippen molar-refractivity contribution in [3.8, 4) is 0 Å². The minimum atomic E-state index is -0.156. The summed E-state index contributed by atoms with van der Waals surface area (Å²) in [6, 6.07) is 7.71. The molecule has 0 unspecified atom stereocenters. The Labute approximate surface area is 131 Å². The Kier molecular flexibility index (Phi) is 5.83. The summed E-state index contributed by atoms with van der Waals surface area (Å²) in [5, 5.41) is 13.1. The van der Waals surface area contributed by atoms with Crippen LogP contribution in [0.5, 0.6) is 0 Å². The molecule has 22 heavy (non-hydrogen) atoms. The second kappa shape index (κ2) is 7.84. The molecule has 120 valence electrons. The number of carbonyl (C=O) groups is 1. The van der Waals surface area contributed by atoms with Gasteiger partial charge in [-0.25, -0.2) is 4.79 Å². The van der Waals surface area contributed by atoms with E-state index in [9.17, 15) is 4.79 Å². The van der Waals surface area contributed by atoms with Gasteiger partial charge in [-0.2, -0.15) is 0 Å². The van der Waals surface area contributed by atoms with E-state index in [1.54, 1.807) is 4.90 Å². The molecule has 5 nitrogen and oxygen atoms in total. The van der Waals surface area contributed by atoms with Crippen LogP contribution in [0, 0.1) is 6.92 Å². The number of benzene rings is 1. The highest BCUT2D eigenvalue weighted by Gasteiger charge is 2.13. The van der Waals surface area contributed by atoms with Crippen molar-refractivity contribution in [1.29, 1.82) is 0 Å². The van der Waals surface area contributed by atoms with Crippen molar-refractivity contribution in [3.05, 3.63) is 30.0 Å². The number of amides is 2. The van der Waals surface area contributed by atoms with Gasteiger partial charge in [0, 0.05) is 35.4 Å². The molecule has 2 amide bonds. The minimum absolute atomic E-state index is 0.0183. The first-order chi connectivity index (χ1) is 10.6. The van der Waals surface area contributed by atoms with Gasteiger partial charge in [-0.3, -0.25) is 0 Å². The van der Waals surface area contributed by atoms with E-state index in [-0.39, 0.29) is 12.6 Å². The number of carbonyl (C=O) groups excluding carboxylic acids is 1. The zero-order valence-corrected chi connectivity index (χ0v) is 13.4. The number of aryl methyl sites for hydroxylation is 1. The van der Waals surface area contributed by atoms with Crippen LogP contribution in [0.4, 0.5) is 10.5 Å². The lowest BCUT2D eigenvalue weighted by molar-refractivity contribution is 0.187. The second-order valence-corrected chi connectivity index (χ2v) is 5.60. The molecule has 0 bridgehead atoms. The molecule has 0 aliphatic rings. The van der Waals surface area contributed by atoms with Gasteiger partial charge in [-0.05, 0) is 37.6 Å². The van der Waals surface area contributed by atoms with Gasteiger partial charge in [0.2, 0.25) is 0 Å². The smallest absolute Gasteiger partial charge is 0.321 e. The maximum Gasteiger partial charge on any atom is 0.321 e. The Bertz CT molecular complexity index is 621.